The molecule has 8 nitrogen and oxygen atoms in total. The number of urea groups is 1. The van der Waals surface area contributed by atoms with Crippen LogP contribution in [0.5, 0.6) is 17.2 Å². The fourth-order valence-electron chi connectivity index (χ4n) is 4.46. The zero-order valence-corrected chi connectivity index (χ0v) is 27.3. The Morgan fingerprint density at radius 2 is 1.60 bits per heavy atom. The van der Waals surface area contributed by atoms with Gasteiger partial charge in [0.15, 0.2) is 11.5 Å². The van der Waals surface area contributed by atoms with Gasteiger partial charge in [-0.05, 0) is 95.5 Å². The van der Waals surface area contributed by atoms with E-state index in [0.717, 1.165) is 21.6 Å². The predicted octanol–water partition coefficient (Wildman–Crippen LogP) is 8.29. The molecule has 11 heteroatoms. The molecule has 0 atom stereocenters. The van der Waals surface area contributed by atoms with Crippen LogP contribution in [0, 0.1) is 6.92 Å². The fourth-order valence-corrected chi connectivity index (χ4v) is 5.50. The molecule has 0 aliphatic carbocycles. The first kappa shape index (κ1) is 32.1. The molecule has 0 spiro atoms. The Balaban J connectivity index is 1.35. The van der Waals surface area contributed by atoms with E-state index in [4.69, 9.17) is 37.4 Å². The third kappa shape index (κ3) is 7.68. The summed E-state index contributed by atoms with van der Waals surface area (Å²) in [4.78, 5) is 40.0. The van der Waals surface area contributed by atoms with E-state index in [1.165, 1.54) is 6.08 Å². The van der Waals surface area contributed by atoms with Crippen LogP contribution in [0.1, 0.15) is 29.2 Å². The van der Waals surface area contributed by atoms with Crippen molar-refractivity contribution in [2.75, 3.05) is 11.5 Å². The van der Waals surface area contributed by atoms with Crippen LogP contribution in [-0.2, 0) is 22.8 Å². The summed E-state index contributed by atoms with van der Waals surface area (Å²) < 4.78 is 18.2. The lowest BCUT2D eigenvalue weighted by atomic mass is 10.1. The van der Waals surface area contributed by atoms with E-state index in [9.17, 15) is 14.4 Å². The van der Waals surface area contributed by atoms with Crippen LogP contribution in [0.15, 0.2) is 88.9 Å². The van der Waals surface area contributed by atoms with Crippen molar-refractivity contribution in [2.24, 2.45) is 0 Å². The smallest absolute Gasteiger partial charge is 0.335 e. The van der Waals surface area contributed by atoms with E-state index in [-0.39, 0.29) is 17.9 Å². The van der Waals surface area contributed by atoms with E-state index in [2.05, 4.69) is 21.2 Å². The van der Waals surface area contributed by atoms with E-state index >= 15 is 0 Å². The first-order valence-corrected chi connectivity index (χ1v) is 15.4. The second-order valence-electron chi connectivity index (χ2n) is 10.0. The largest absolute Gasteiger partial charge is 0.490 e. The average molecular weight is 710 g/mol. The molecule has 0 saturated carbocycles. The van der Waals surface area contributed by atoms with E-state index in [0.29, 0.717) is 50.5 Å². The minimum Gasteiger partial charge on any atom is -0.490 e. The number of anilines is 1. The van der Waals surface area contributed by atoms with Gasteiger partial charge in [0.05, 0.1) is 16.8 Å². The number of hydrogen-bond acceptors (Lipinski definition) is 6. The van der Waals surface area contributed by atoms with Gasteiger partial charge in [0.1, 0.15) is 24.5 Å². The van der Waals surface area contributed by atoms with Crippen molar-refractivity contribution in [1.29, 1.82) is 0 Å². The SMILES string of the molecule is CCOc1cc(/C=C2\C(=O)NC(=O)N(c3ccc(OCc4ccc(C)cc4)cc3)C2=O)cc(Br)c1OCc1ccc(Cl)cc1Cl. The average Bonchev–Trinajstić information content (AvgIpc) is 3.00. The lowest BCUT2D eigenvalue weighted by Crippen LogP contribution is -2.54. The van der Waals surface area contributed by atoms with Crippen molar-refractivity contribution in [2.45, 2.75) is 27.1 Å². The number of aryl methyl sites for hydroxylation is 1. The maximum Gasteiger partial charge on any atom is 0.335 e. The van der Waals surface area contributed by atoms with Crippen LogP contribution in [-0.4, -0.2) is 24.5 Å². The van der Waals surface area contributed by atoms with Crippen molar-refractivity contribution in [3.63, 3.8) is 0 Å². The van der Waals surface area contributed by atoms with Gasteiger partial charge in [-0.15, -0.1) is 0 Å². The number of hydrogen-bond donors (Lipinski definition) is 1. The van der Waals surface area contributed by atoms with Gasteiger partial charge in [0, 0.05) is 15.6 Å². The molecule has 0 aromatic heterocycles. The fraction of sp³-hybridized carbons (Fsp3) is 0.147. The van der Waals surface area contributed by atoms with Crippen LogP contribution in [0.4, 0.5) is 10.5 Å². The number of amides is 4. The third-order valence-corrected chi connectivity index (χ3v) is 7.93. The Morgan fingerprint density at radius 3 is 2.29 bits per heavy atom. The van der Waals surface area contributed by atoms with Gasteiger partial charge in [-0.1, -0.05) is 59.1 Å². The molecule has 4 amide bonds. The molecule has 4 aromatic rings. The highest BCUT2D eigenvalue weighted by atomic mass is 79.9. The number of rotatable bonds is 10. The van der Waals surface area contributed by atoms with Gasteiger partial charge < -0.3 is 14.2 Å². The number of ether oxygens (including phenoxy) is 3. The zero-order chi connectivity index (χ0) is 32.1. The van der Waals surface area contributed by atoms with Gasteiger partial charge in [0.2, 0.25) is 0 Å². The molecule has 230 valence electrons. The van der Waals surface area contributed by atoms with Crippen LogP contribution < -0.4 is 24.4 Å². The summed E-state index contributed by atoms with van der Waals surface area (Å²) in [5, 5.41) is 3.22. The molecular weight excluding hydrogens is 683 g/mol. The Morgan fingerprint density at radius 1 is 0.867 bits per heavy atom. The second-order valence-corrected chi connectivity index (χ2v) is 11.7. The summed E-state index contributed by atoms with van der Waals surface area (Å²) in [7, 11) is 0. The minimum atomic E-state index is -0.851. The maximum absolute atomic E-state index is 13.5. The van der Waals surface area contributed by atoms with Gasteiger partial charge >= 0.3 is 6.03 Å². The second kappa shape index (κ2) is 14.2. The third-order valence-electron chi connectivity index (χ3n) is 6.75. The Bertz CT molecular complexity index is 1790. The monoisotopic (exact) mass is 708 g/mol. The minimum absolute atomic E-state index is 0.142. The van der Waals surface area contributed by atoms with Gasteiger partial charge in [-0.2, -0.15) is 0 Å². The van der Waals surface area contributed by atoms with Crippen LogP contribution >= 0.6 is 39.1 Å². The van der Waals surface area contributed by atoms with E-state index in [1.54, 1.807) is 54.6 Å². The lowest BCUT2D eigenvalue weighted by Gasteiger charge is -2.26. The van der Waals surface area contributed by atoms with Crippen LogP contribution in [0.2, 0.25) is 10.0 Å². The van der Waals surface area contributed by atoms with Crippen molar-refractivity contribution in [3.8, 4) is 17.2 Å². The molecule has 45 heavy (non-hydrogen) atoms. The standard InChI is InChI=1S/C34H27BrCl2N2O6/c1-3-43-30-16-22(15-28(35)31(30)45-19-23-8-9-24(36)17-29(23)37)14-27-32(40)38-34(42)39(33(27)41)25-10-12-26(13-11-25)44-18-21-6-4-20(2)5-7-21/h4-17H,3,18-19H2,1-2H3,(H,38,40,42)/b27-14+. The summed E-state index contributed by atoms with van der Waals surface area (Å²) in [6.07, 6.45) is 1.39. The molecule has 1 N–H and O–H groups in total. The topological polar surface area (TPSA) is 94.2 Å². The molecule has 5 rings (SSSR count). The summed E-state index contributed by atoms with van der Waals surface area (Å²) in [5.74, 6) is -0.243. The molecule has 4 aromatic carbocycles. The Labute approximate surface area is 278 Å². The van der Waals surface area contributed by atoms with Crippen molar-refractivity contribution in [1.82, 2.24) is 5.32 Å². The van der Waals surface area contributed by atoms with Crippen molar-refractivity contribution in [3.05, 3.63) is 121 Å². The number of carbonyl (C=O) groups excluding carboxylic acids is 3. The zero-order valence-electron chi connectivity index (χ0n) is 24.2. The van der Waals surface area contributed by atoms with Gasteiger partial charge in [-0.25, -0.2) is 9.69 Å². The summed E-state index contributed by atoms with van der Waals surface area (Å²) in [6, 6.07) is 22.0. The molecule has 1 saturated heterocycles. The predicted molar refractivity (Wildman–Crippen MR) is 177 cm³/mol. The number of carbonyl (C=O) groups is 3. The first-order valence-electron chi connectivity index (χ1n) is 13.9. The molecule has 1 aliphatic heterocycles. The van der Waals surface area contributed by atoms with Crippen LogP contribution in [0.3, 0.4) is 0 Å². The number of nitrogens with one attached hydrogen (secondary N) is 1. The van der Waals surface area contributed by atoms with E-state index < -0.39 is 17.8 Å². The van der Waals surface area contributed by atoms with E-state index in [1.807, 2.05) is 38.1 Å². The summed E-state index contributed by atoms with van der Waals surface area (Å²) in [6.45, 7) is 4.67. The summed E-state index contributed by atoms with van der Waals surface area (Å²) >= 11 is 15.8. The van der Waals surface area contributed by atoms with Crippen molar-refractivity contribution >= 4 is 68.7 Å². The Hall–Kier alpha value is -4.31. The normalized spacial score (nSPS) is 14.0. The molecule has 1 heterocycles. The maximum atomic E-state index is 13.5. The lowest BCUT2D eigenvalue weighted by molar-refractivity contribution is -0.122. The number of barbiturate groups is 1. The number of halogens is 3. The number of nitrogens with zero attached hydrogens (tertiary/aromatic N) is 1. The highest BCUT2D eigenvalue weighted by molar-refractivity contribution is 9.10. The molecular formula is C34H27BrCl2N2O6. The Kier molecular flexibility index (Phi) is 10.1. The molecule has 0 unspecified atom stereocenters. The highest BCUT2D eigenvalue weighted by Crippen LogP contribution is 2.39. The molecule has 1 aliphatic rings. The quantitative estimate of drug-likeness (QED) is 0.132. The van der Waals surface area contributed by atoms with Crippen LogP contribution in [0.25, 0.3) is 6.08 Å². The number of benzene rings is 4. The molecule has 1 fully saturated rings. The number of imide groups is 2. The molecule has 0 radical (unpaired) electrons. The van der Waals surface area contributed by atoms with Crippen molar-refractivity contribution < 1.29 is 28.6 Å². The molecule has 0 bridgehead atoms. The highest BCUT2D eigenvalue weighted by Gasteiger charge is 2.37. The van der Waals surface area contributed by atoms with Gasteiger partial charge in [0.25, 0.3) is 11.8 Å². The summed E-state index contributed by atoms with van der Waals surface area (Å²) in [5.41, 5.74) is 3.40. The first-order chi connectivity index (χ1) is 21.6. The van der Waals surface area contributed by atoms with Gasteiger partial charge in [-0.3, -0.25) is 14.9 Å².